The Morgan fingerprint density at radius 3 is 2.70 bits per heavy atom. The number of alkyl halides is 2. The number of hydrogen-bond acceptors (Lipinski definition) is 3. The van der Waals surface area contributed by atoms with Crippen molar-refractivity contribution in [3.8, 4) is 0 Å². The molecule has 0 spiro atoms. The molecule has 5 heteroatoms. The third kappa shape index (κ3) is 3.44. The first kappa shape index (κ1) is 14.2. The van der Waals surface area contributed by atoms with Gasteiger partial charge in [0.2, 0.25) is 0 Å². The molecule has 1 heterocycles. The molecule has 1 aromatic heterocycles. The summed E-state index contributed by atoms with van der Waals surface area (Å²) in [5, 5.41) is 3.23. The minimum Gasteiger partial charge on any atom is -0.378 e. The maximum Gasteiger partial charge on any atom is 0.263 e. The molecule has 0 bridgehead atoms. The molecule has 0 aliphatic heterocycles. The van der Waals surface area contributed by atoms with Crippen molar-refractivity contribution in [3.63, 3.8) is 0 Å². The number of pyridine rings is 1. The van der Waals surface area contributed by atoms with Crippen LogP contribution in [0.1, 0.15) is 17.6 Å². The van der Waals surface area contributed by atoms with Gasteiger partial charge in [-0.15, -0.1) is 0 Å². The van der Waals surface area contributed by atoms with E-state index < -0.39 is 6.43 Å². The Morgan fingerprint density at radius 1 is 1.20 bits per heavy atom. The number of benzene rings is 1. The molecular formula is C15H17F2N3. The number of halogens is 2. The van der Waals surface area contributed by atoms with E-state index in [1.165, 1.54) is 12.1 Å². The number of anilines is 2. The molecule has 20 heavy (non-hydrogen) atoms. The van der Waals surface area contributed by atoms with Gasteiger partial charge in [0.1, 0.15) is 0 Å². The van der Waals surface area contributed by atoms with Gasteiger partial charge in [-0.3, -0.25) is 0 Å². The van der Waals surface area contributed by atoms with E-state index in [2.05, 4.69) is 10.3 Å². The molecule has 106 valence electrons. The largest absolute Gasteiger partial charge is 0.378 e. The average Bonchev–Trinajstić information content (AvgIpc) is 2.45. The SMILES string of the molecule is CN(C)c1ncccc1NCc1cccc(C(F)F)c1. The van der Waals surface area contributed by atoms with Gasteiger partial charge in [0, 0.05) is 32.4 Å². The number of rotatable bonds is 5. The maximum atomic E-state index is 12.6. The lowest BCUT2D eigenvalue weighted by Gasteiger charge is -2.17. The molecule has 0 amide bonds. The molecule has 0 aliphatic carbocycles. The standard InChI is InChI=1S/C15H17F2N3/c1-20(2)15-13(7-4-8-18-15)19-10-11-5-3-6-12(9-11)14(16)17/h3-9,14,19H,10H2,1-2H3. The van der Waals surface area contributed by atoms with Gasteiger partial charge in [0.25, 0.3) is 6.43 Å². The van der Waals surface area contributed by atoms with E-state index in [0.29, 0.717) is 6.54 Å². The second-order valence-electron chi connectivity index (χ2n) is 4.67. The van der Waals surface area contributed by atoms with Crippen LogP contribution < -0.4 is 10.2 Å². The lowest BCUT2D eigenvalue weighted by molar-refractivity contribution is 0.151. The van der Waals surface area contributed by atoms with Crippen LogP contribution >= 0.6 is 0 Å². The third-order valence-corrected chi connectivity index (χ3v) is 2.90. The highest BCUT2D eigenvalue weighted by Crippen LogP contribution is 2.23. The fourth-order valence-electron chi connectivity index (χ4n) is 1.93. The number of aromatic nitrogens is 1. The number of nitrogens with zero attached hydrogens (tertiary/aromatic N) is 2. The highest BCUT2D eigenvalue weighted by atomic mass is 19.3. The van der Waals surface area contributed by atoms with Crippen molar-refractivity contribution in [2.24, 2.45) is 0 Å². The Morgan fingerprint density at radius 2 is 2.00 bits per heavy atom. The zero-order chi connectivity index (χ0) is 14.5. The first-order chi connectivity index (χ1) is 9.58. The summed E-state index contributed by atoms with van der Waals surface area (Å²) in [6, 6.07) is 10.2. The van der Waals surface area contributed by atoms with E-state index in [-0.39, 0.29) is 5.56 Å². The summed E-state index contributed by atoms with van der Waals surface area (Å²) < 4.78 is 25.3. The molecule has 1 aromatic carbocycles. The van der Waals surface area contributed by atoms with Crippen molar-refractivity contribution in [2.45, 2.75) is 13.0 Å². The summed E-state index contributed by atoms with van der Waals surface area (Å²) in [5.41, 5.74) is 1.74. The van der Waals surface area contributed by atoms with E-state index in [0.717, 1.165) is 17.1 Å². The lowest BCUT2D eigenvalue weighted by atomic mass is 10.1. The van der Waals surface area contributed by atoms with Crippen molar-refractivity contribution in [3.05, 3.63) is 53.7 Å². The minimum atomic E-state index is -2.44. The van der Waals surface area contributed by atoms with Crippen LogP contribution in [0.5, 0.6) is 0 Å². The van der Waals surface area contributed by atoms with Crippen molar-refractivity contribution in [1.82, 2.24) is 4.98 Å². The van der Waals surface area contributed by atoms with E-state index in [1.807, 2.05) is 37.2 Å². The summed E-state index contributed by atoms with van der Waals surface area (Å²) in [6.45, 7) is 0.479. The molecule has 0 aliphatic rings. The molecule has 0 atom stereocenters. The van der Waals surface area contributed by atoms with Crippen LogP contribution in [-0.2, 0) is 6.54 Å². The summed E-state index contributed by atoms with van der Waals surface area (Å²) in [5.74, 6) is 0.817. The molecule has 2 aromatic rings. The summed E-state index contributed by atoms with van der Waals surface area (Å²) in [7, 11) is 3.82. The van der Waals surface area contributed by atoms with Crippen molar-refractivity contribution >= 4 is 11.5 Å². The van der Waals surface area contributed by atoms with Crippen molar-refractivity contribution in [2.75, 3.05) is 24.3 Å². The van der Waals surface area contributed by atoms with E-state index in [4.69, 9.17) is 0 Å². The zero-order valence-corrected chi connectivity index (χ0v) is 11.5. The van der Waals surface area contributed by atoms with Crippen LogP contribution in [0, 0.1) is 0 Å². The van der Waals surface area contributed by atoms with Crippen LogP contribution in [-0.4, -0.2) is 19.1 Å². The second-order valence-corrected chi connectivity index (χ2v) is 4.67. The Kier molecular flexibility index (Phi) is 4.50. The quantitative estimate of drug-likeness (QED) is 0.903. The average molecular weight is 277 g/mol. The summed E-state index contributed by atoms with van der Waals surface area (Å²) in [6.07, 6.45) is -0.719. The first-order valence-corrected chi connectivity index (χ1v) is 6.31. The third-order valence-electron chi connectivity index (χ3n) is 2.90. The monoisotopic (exact) mass is 277 g/mol. The Bertz CT molecular complexity index is 571. The molecule has 0 saturated heterocycles. The topological polar surface area (TPSA) is 28.2 Å². The van der Waals surface area contributed by atoms with Crippen LogP contribution in [0.4, 0.5) is 20.3 Å². The highest BCUT2D eigenvalue weighted by molar-refractivity contribution is 5.64. The molecule has 1 N–H and O–H groups in total. The fourth-order valence-corrected chi connectivity index (χ4v) is 1.93. The molecule has 0 radical (unpaired) electrons. The lowest BCUT2D eigenvalue weighted by Crippen LogP contribution is -2.13. The van der Waals surface area contributed by atoms with Gasteiger partial charge < -0.3 is 10.2 Å². The normalized spacial score (nSPS) is 10.7. The van der Waals surface area contributed by atoms with Gasteiger partial charge in [-0.05, 0) is 23.8 Å². The predicted molar refractivity (Wildman–Crippen MR) is 77.3 cm³/mol. The fraction of sp³-hybridized carbons (Fsp3) is 0.267. The van der Waals surface area contributed by atoms with Crippen LogP contribution in [0.15, 0.2) is 42.6 Å². The van der Waals surface area contributed by atoms with Crippen LogP contribution in [0.2, 0.25) is 0 Å². The van der Waals surface area contributed by atoms with Gasteiger partial charge in [-0.2, -0.15) is 0 Å². The molecule has 0 unspecified atom stereocenters. The first-order valence-electron chi connectivity index (χ1n) is 6.31. The van der Waals surface area contributed by atoms with E-state index in [1.54, 1.807) is 12.3 Å². The zero-order valence-electron chi connectivity index (χ0n) is 11.5. The van der Waals surface area contributed by atoms with Gasteiger partial charge in [0.15, 0.2) is 5.82 Å². The molecule has 0 fully saturated rings. The van der Waals surface area contributed by atoms with E-state index >= 15 is 0 Å². The predicted octanol–water partition coefficient (Wildman–Crippen LogP) is 3.70. The van der Waals surface area contributed by atoms with Gasteiger partial charge >= 0.3 is 0 Å². The van der Waals surface area contributed by atoms with Gasteiger partial charge in [-0.25, -0.2) is 13.8 Å². The second kappa shape index (κ2) is 6.32. The summed E-state index contributed by atoms with van der Waals surface area (Å²) >= 11 is 0. The van der Waals surface area contributed by atoms with Crippen molar-refractivity contribution < 1.29 is 8.78 Å². The molecular weight excluding hydrogens is 260 g/mol. The van der Waals surface area contributed by atoms with Gasteiger partial charge in [0.05, 0.1) is 5.69 Å². The maximum absolute atomic E-state index is 12.6. The van der Waals surface area contributed by atoms with Gasteiger partial charge in [-0.1, -0.05) is 18.2 Å². The molecule has 2 rings (SSSR count). The number of hydrogen-bond donors (Lipinski definition) is 1. The Hall–Kier alpha value is -2.17. The highest BCUT2D eigenvalue weighted by Gasteiger charge is 2.08. The van der Waals surface area contributed by atoms with Crippen LogP contribution in [0.25, 0.3) is 0 Å². The summed E-state index contributed by atoms with van der Waals surface area (Å²) in [4.78, 5) is 6.18. The number of nitrogens with one attached hydrogen (secondary N) is 1. The molecule has 3 nitrogen and oxygen atoms in total. The van der Waals surface area contributed by atoms with Crippen molar-refractivity contribution in [1.29, 1.82) is 0 Å². The minimum absolute atomic E-state index is 0.0447. The smallest absolute Gasteiger partial charge is 0.263 e. The molecule has 0 saturated carbocycles. The van der Waals surface area contributed by atoms with Crippen LogP contribution in [0.3, 0.4) is 0 Å². The van der Waals surface area contributed by atoms with E-state index in [9.17, 15) is 8.78 Å². The Balaban J connectivity index is 2.11. The Labute approximate surface area is 117 Å².